The first-order chi connectivity index (χ1) is 8.93. The van der Waals surface area contributed by atoms with E-state index in [0.29, 0.717) is 10.6 Å². The van der Waals surface area contributed by atoms with E-state index in [2.05, 4.69) is 0 Å². The van der Waals surface area contributed by atoms with Crippen LogP contribution < -0.4 is 5.73 Å². The van der Waals surface area contributed by atoms with Gasteiger partial charge in [-0.15, -0.1) is 0 Å². The van der Waals surface area contributed by atoms with Crippen molar-refractivity contribution in [2.45, 2.75) is 19.9 Å². The van der Waals surface area contributed by atoms with Crippen molar-refractivity contribution in [2.75, 3.05) is 0 Å². The fraction of sp³-hybridized carbons (Fsp3) is 0.200. The summed E-state index contributed by atoms with van der Waals surface area (Å²) in [7, 11) is 0. The van der Waals surface area contributed by atoms with E-state index in [1.165, 1.54) is 19.1 Å². The molecule has 1 nitrogen and oxygen atoms in total. The lowest BCUT2D eigenvalue weighted by Crippen LogP contribution is -2.16. The summed E-state index contributed by atoms with van der Waals surface area (Å²) >= 11 is 6.02. The van der Waals surface area contributed by atoms with Gasteiger partial charge in [-0.3, -0.25) is 0 Å². The third-order valence-corrected chi connectivity index (χ3v) is 3.69. The van der Waals surface area contributed by atoms with E-state index in [-0.39, 0.29) is 11.1 Å². The summed E-state index contributed by atoms with van der Waals surface area (Å²) in [6, 6.07) is 7.54. The van der Waals surface area contributed by atoms with Crippen LogP contribution in [-0.4, -0.2) is 0 Å². The number of aryl methyl sites for hydroxylation is 1. The van der Waals surface area contributed by atoms with Crippen molar-refractivity contribution in [3.8, 4) is 0 Å². The second-order valence-electron chi connectivity index (χ2n) is 4.53. The minimum Gasteiger partial charge on any atom is -0.320 e. The molecule has 0 aliphatic carbocycles. The Balaban J connectivity index is 2.53. The molecule has 0 aliphatic heterocycles. The molecule has 2 aromatic carbocycles. The lowest BCUT2D eigenvalue weighted by Gasteiger charge is -2.17. The summed E-state index contributed by atoms with van der Waals surface area (Å²) < 4.78 is 27.5. The number of nitrogens with two attached hydrogens (primary N) is 1. The molecule has 0 aliphatic rings. The molecule has 19 heavy (non-hydrogen) atoms. The first kappa shape index (κ1) is 14.0. The molecule has 0 fully saturated rings. The number of benzene rings is 2. The molecule has 100 valence electrons. The fourth-order valence-electron chi connectivity index (χ4n) is 2.03. The Labute approximate surface area is 116 Å². The number of hydrogen-bond acceptors (Lipinski definition) is 1. The third-order valence-electron chi connectivity index (χ3n) is 3.28. The standard InChI is InChI=1S/C15H14ClF2N/c1-8-6-7-11(14(18)13(8)17)15(19)10-4-3-5-12(16)9(10)2/h3-7,15H,19H2,1-2H3. The summed E-state index contributed by atoms with van der Waals surface area (Å²) in [5.41, 5.74) is 7.90. The van der Waals surface area contributed by atoms with Crippen molar-refractivity contribution in [3.63, 3.8) is 0 Å². The second kappa shape index (κ2) is 5.27. The molecule has 4 heteroatoms. The Morgan fingerprint density at radius 3 is 2.37 bits per heavy atom. The molecule has 0 saturated carbocycles. The minimum absolute atomic E-state index is 0.133. The Bertz CT molecular complexity index is 626. The van der Waals surface area contributed by atoms with Gasteiger partial charge in [0.2, 0.25) is 0 Å². The van der Waals surface area contributed by atoms with Gasteiger partial charge in [0.25, 0.3) is 0 Å². The molecule has 2 N–H and O–H groups in total. The minimum atomic E-state index is -0.896. The Hall–Kier alpha value is -1.45. The summed E-state index contributed by atoms with van der Waals surface area (Å²) in [5, 5.41) is 0.556. The molecule has 0 aromatic heterocycles. The van der Waals surface area contributed by atoms with Gasteiger partial charge in [0.15, 0.2) is 11.6 Å². The van der Waals surface area contributed by atoms with Crippen LogP contribution in [-0.2, 0) is 0 Å². The van der Waals surface area contributed by atoms with Crippen molar-refractivity contribution in [1.82, 2.24) is 0 Å². The Kier molecular flexibility index (Phi) is 3.88. The average molecular weight is 282 g/mol. The van der Waals surface area contributed by atoms with Gasteiger partial charge in [-0.2, -0.15) is 0 Å². The third kappa shape index (κ3) is 2.48. The van der Waals surface area contributed by atoms with Crippen molar-refractivity contribution in [2.24, 2.45) is 5.73 Å². The molecular weight excluding hydrogens is 268 g/mol. The normalized spacial score (nSPS) is 12.5. The maximum absolute atomic E-state index is 13.9. The predicted octanol–water partition coefficient (Wildman–Crippen LogP) is 4.28. The zero-order valence-corrected chi connectivity index (χ0v) is 11.4. The topological polar surface area (TPSA) is 26.0 Å². The quantitative estimate of drug-likeness (QED) is 0.873. The molecule has 1 atom stereocenters. The van der Waals surface area contributed by atoms with Gasteiger partial charge in [-0.05, 0) is 36.6 Å². The van der Waals surface area contributed by atoms with Gasteiger partial charge in [0.1, 0.15) is 0 Å². The Morgan fingerprint density at radius 1 is 1.00 bits per heavy atom. The zero-order chi connectivity index (χ0) is 14.2. The van der Waals surface area contributed by atoms with Crippen LogP contribution in [0.2, 0.25) is 5.02 Å². The highest BCUT2D eigenvalue weighted by atomic mass is 35.5. The van der Waals surface area contributed by atoms with Crippen molar-refractivity contribution < 1.29 is 8.78 Å². The molecule has 0 bridgehead atoms. The van der Waals surface area contributed by atoms with E-state index in [4.69, 9.17) is 17.3 Å². The van der Waals surface area contributed by atoms with Gasteiger partial charge in [-0.25, -0.2) is 8.78 Å². The van der Waals surface area contributed by atoms with E-state index in [0.717, 1.165) is 5.56 Å². The lowest BCUT2D eigenvalue weighted by atomic mass is 9.94. The van der Waals surface area contributed by atoms with Crippen LogP contribution in [0.3, 0.4) is 0 Å². The summed E-state index contributed by atoms with van der Waals surface area (Å²) in [4.78, 5) is 0. The fourth-order valence-corrected chi connectivity index (χ4v) is 2.21. The molecule has 0 saturated heterocycles. The molecule has 0 spiro atoms. The highest BCUT2D eigenvalue weighted by molar-refractivity contribution is 6.31. The molecule has 0 radical (unpaired) electrons. The molecule has 1 unspecified atom stereocenters. The van der Waals surface area contributed by atoms with Crippen LogP contribution in [0.25, 0.3) is 0 Å². The SMILES string of the molecule is Cc1ccc(C(N)c2cccc(Cl)c2C)c(F)c1F. The van der Waals surface area contributed by atoms with Crippen LogP contribution in [0.4, 0.5) is 8.78 Å². The lowest BCUT2D eigenvalue weighted by molar-refractivity contribution is 0.489. The summed E-state index contributed by atoms with van der Waals surface area (Å²) in [6.07, 6.45) is 0. The van der Waals surface area contributed by atoms with Gasteiger partial charge >= 0.3 is 0 Å². The predicted molar refractivity (Wildman–Crippen MR) is 73.3 cm³/mol. The first-order valence-corrected chi connectivity index (χ1v) is 6.26. The summed E-state index contributed by atoms with van der Waals surface area (Å²) in [6.45, 7) is 3.32. The van der Waals surface area contributed by atoms with E-state index in [1.54, 1.807) is 25.1 Å². The second-order valence-corrected chi connectivity index (χ2v) is 4.94. The molecule has 0 amide bonds. The first-order valence-electron chi connectivity index (χ1n) is 5.88. The zero-order valence-electron chi connectivity index (χ0n) is 10.7. The van der Waals surface area contributed by atoms with E-state index < -0.39 is 17.7 Å². The van der Waals surface area contributed by atoms with Crippen LogP contribution in [0, 0.1) is 25.5 Å². The van der Waals surface area contributed by atoms with Crippen LogP contribution in [0.1, 0.15) is 28.3 Å². The van der Waals surface area contributed by atoms with Crippen LogP contribution in [0.5, 0.6) is 0 Å². The average Bonchev–Trinajstić information content (AvgIpc) is 2.39. The maximum atomic E-state index is 13.9. The number of rotatable bonds is 2. The van der Waals surface area contributed by atoms with Crippen molar-refractivity contribution >= 4 is 11.6 Å². The van der Waals surface area contributed by atoms with Crippen molar-refractivity contribution in [3.05, 3.63) is 69.2 Å². The van der Waals surface area contributed by atoms with Gasteiger partial charge in [0.05, 0.1) is 6.04 Å². The summed E-state index contributed by atoms with van der Waals surface area (Å²) in [5.74, 6) is -1.75. The molecular formula is C15H14ClF2N. The number of hydrogen-bond donors (Lipinski definition) is 1. The highest BCUT2D eigenvalue weighted by Gasteiger charge is 2.19. The monoisotopic (exact) mass is 281 g/mol. The van der Waals surface area contributed by atoms with E-state index >= 15 is 0 Å². The van der Waals surface area contributed by atoms with Gasteiger partial charge < -0.3 is 5.73 Å². The maximum Gasteiger partial charge on any atom is 0.164 e. The Morgan fingerprint density at radius 2 is 1.68 bits per heavy atom. The molecule has 0 heterocycles. The molecule has 2 aromatic rings. The van der Waals surface area contributed by atoms with Gasteiger partial charge in [-0.1, -0.05) is 35.9 Å². The largest absolute Gasteiger partial charge is 0.320 e. The smallest absolute Gasteiger partial charge is 0.164 e. The molecule has 2 rings (SSSR count). The number of halogens is 3. The van der Waals surface area contributed by atoms with Crippen LogP contribution in [0.15, 0.2) is 30.3 Å². The van der Waals surface area contributed by atoms with Crippen molar-refractivity contribution in [1.29, 1.82) is 0 Å². The van der Waals surface area contributed by atoms with Gasteiger partial charge in [0, 0.05) is 10.6 Å². The van der Waals surface area contributed by atoms with E-state index in [1.807, 2.05) is 0 Å². The van der Waals surface area contributed by atoms with E-state index in [9.17, 15) is 8.78 Å². The highest BCUT2D eigenvalue weighted by Crippen LogP contribution is 2.29. The van der Waals surface area contributed by atoms with Crippen LogP contribution >= 0.6 is 11.6 Å².